The number of ether oxygens (including phenoxy) is 1. The highest BCUT2D eigenvalue weighted by molar-refractivity contribution is 8.00. The van der Waals surface area contributed by atoms with Gasteiger partial charge in [0, 0.05) is 12.6 Å². The van der Waals surface area contributed by atoms with Crippen molar-refractivity contribution in [3.63, 3.8) is 0 Å². The first-order chi connectivity index (χ1) is 12.5. The number of amides is 3. The van der Waals surface area contributed by atoms with Crippen molar-refractivity contribution in [1.29, 1.82) is 0 Å². The average Bonchev–Trinajstić information content (AvgIpc) is 3.34. The number of rotatable bonds is 6. The summed E-state index contributed by atoms with van der Waals surface area (Å²) in [7, 11) is 0. The van der Waals surface area contributed by atoms with Gasteiger partial charge in [-0.15, -0.1) is 5.10 Å². The molecule has 10 heteroatoms. The highest BCUT2D eigenvalue weighted by atomic mass is 32.2. The number of urea groups is 1. The van der Waals surface area contributed by atoms with Gasteiger partial charge in [0.25, 0.3) is 0 Å². The minimum absolute atomic E-state index is 0.00836. The molecule has 1 saturated carbocycles. The predicted octanol–water partition coefficient (Wildman–Crippen LogP) is 0.999. The summed E-state index contributed by atoms with van der Waals surface area (Å²) in [6, 6.07) is -0.318. The molecule has 1 aromatic heterocycles. The highest BCUT2D eigenvalue weighted by Crippen LogP contribution is 2.22. The van der Waals surface area contributed by atoms with E-state index in [9.17, 15) is 14.4 Å². The maximum atomic E-state index is 12.3. The van der Waals surface area contributed by atoms with Crippen LogP contribution in [0.15, 0.2) is 9.95 Å². The van der Waals surface area contributed by atoms with Crippen molar-refractivity contribution < 1.29 is 14.3 Å². The number of hydrogen-bond donors (Lipinski definition) is 3. The maximum Gasteiger partial charge on any atom is 0.344 e. The normalized spacial score (nSPS) is 21.7. The number of H-pyrrole nitrogens is 1. The van der Waals surface area contributed by atoms with Crippen LogP contribution in [-0.2, 0) is 16.1 Å². The van der Waals surface area contributed by atoms with Crippen LogP contribution >= 0.6 is 11.8 Å². The lowest BCUT2D eigenvalue weighted by atomic mass is 10.2. The Morgan fingerprint density at radius 3 is 2.81 bits per heavy atom. The van der Waals surface area contributed by atoms with Crippen molar-refractivity contribution in [2.45, 2.75) is 74.5 Å². The summed E-state index contributed by atoms with van der Waals surface area (Å²) < 4.78 is 7.05. The van der Waals surface area contributed by atoms with E-state index in [0.29, 0.717) is 18.3 Å². The molecule has 3 rings (SSSR count). The van der Waals surface area contributed by atoms with Gasteiger partial charge in [-0.2, -0.15) is 0 Å². The largest absolute Gasteiger partial charge is 0.376 e. The monoisotopic (exact) mass is 383 g/mol. The van der Waals surface area contributed by atoms with Crippen molar-refractivity contribution in [3.05, 3.63) is 10.5 Å². The Hall–Kier alpha value is -1.81. The third-order valence-corrected chi connectivity index (χ3v) is 5.80. The smallest absolute Gasteiger partial charge is 0.344 e. The van der Waals surface area contributed by atoms with Crippen molar-refractivity contribution >= 4 is 23.7 Å². The molecule has 2 heterocycles. The number of carbonyl (C=O) groups is 2. The highest BCUT2D eigenvalue weighted by Gasteiger charge is 2.24. The minimum atomic E-state index is -0.567. The van der Waals surface area contributed by atoms with Crippen molar-refractivity contribution in [2.75, 3.05) is 6.61 Å². The van der Waals surface area contributed by atoms with Gasteiger partial charge in [0.15, 0.2) is 5.16 Å². The summed E-state index contributed by atoms with van der Waals surface area (Å²) in [6.45, 7) is 2.79. The lowest BCUT2D eigenvalue weighted by Crippen LogP contribution is -2.46. The predicted molar refractivity (Wildman–Crippen MR) is 96.1 cm³/mol. The Morgan fingerprint density at radius 1 is 1.35 bits per heavy atom. The molecule has 144 valence electrons. The third kappa shape index (κ3) is 4.88. The molecule has 26 heavy (non-hydrogen) atoms. The second-order valence-corrected chi connectivity index (χ2v) is 8.07. The van der Waals surface area contributed by atoms with Crippen molar-refractivity contribution in [3.8, 4) is 0 Å². The van der Waals surface area contributed by atoms with E-state index in [0.717, 1.165) is 50.3 Å². The molecule has 3 N–H and O–H groups in total. The molecule has 1 aromatic rings. The summed E-state index contributed by atoms with van der Waals surface area (Å²) in [5.74, 6) is -0.412. The molecule has 9 nitrogen and oxygen atoms in total. The van der Waals surface area contributed by atoms with E-state index in [4.69, 9.17) is 4.74 Å². The summed E-state index contributed by atoms with van der Waals surface area (Å²) in [6.07, 6.45) is 5.99. The first-order valence-corrected chi connectivity index (χ1v) is 9.95. The van der Waals surface area contributed by atoms with E-state index in [-0.39, 0.29) is 17.8 Å². The van der Waals surface area contributed by atoms with E-state index in [1.807, 2.05) is 0 Å². The fourth-order valence-corrected chi connectivity index (χ4v) is 4.13. The van der Waals surface area contributed by atoms with Crippen LogP contribution in [0.25, 0.3) is 0 Å². The van der Waals surface area contributed by atoms with Gasteiger partial charge in [-0.3, -0.25) is 14.7 Å². The van der Waals surface area contributed by atoms with E-state index in [1.165, 1.54) is 4.57 Å². The Labute approximate surface area is 155 Å². The van der Waals surface area contributed by atoms with Crippen LogP contribution in [0.4, 0.5) is 4.79 Å². The van der Waals surface area contributed by atoms with Gasteiger partial charge in [0.2, 0.25) is 5.91 Å². The number of aromatic nitrogens is 3. The standard InChI is InChI=1S/C16H25N5O4S/c1-10(13(22)18-14(23)17-11-5-2-3-6-11)26-16-20-19-15(24)21(16)9-12-7-4-8-25-12/h10-12H,2-9H2,1H3,(H,19,24)(H2,17,18,22,23)/t10-,12+/m0/s1. The number of thioether (sulfide) groups is 1. The summed E-state index contributed by atoms with van der Waals surface area (Å²) >= 11 is 1.14. The van der Waals surface area contributed by atoms with Gasteiger partial charge >= 0.3 is 11.7 Å². The Kier molecular flexibility index (Phi) is 6.36. The molecule has 1 aliphatic carbocycles. The number of aromatic amines is 1. The maximum absolute atomic E-state index is 12.3. The van der Waals surface area contributed by atoms with Gasteiger partial charge in [-0.25, -0.2) is 14.7 Å². The Morgan fingerprint density at radius 2 is 2.12 bits per heavy atom. The van der Waals surface area contributed by atoms with Crippen molar-refractivity contribution in [1.82, 2.24) is 25.4 Å². The zero-order valence-corrected chi connectivity index (χ0v) is 15.6. The molecule has 1 aliphatic heterocycles. The molecule has 0 spiro atoms. The topological polar surface area (TPSA) is 118 Å². The number of imide groups is 1. The van der Waals surface area contributed by atoms with Gasteiger partial charge in [-0.05, 0) is 32.6 Å². The van der Waals surface area contributed by atoms with Crippen LogP contribution in [0, 0.1) is 0 Å². The van der Waals surface area contributed by atoms with E-state index < -0.39 is 17.2 Å². The molecule has 2 aliphatic rings. The quantitative estimate of drug-likeness (QED) is 0.631. The van der Waals surface area contributed by atoms with E-state index in [2.05, 4.69) is 20.8 Å². The third-order valence-electron chi connectivity index (χ3n) is 4.71. The van der Waals surface area contributed by atoms with E-state index >= 15 is 0 Å². The molecule has 2 fully saturated rings. The molecule has 0 unspecified atom stereocenters. The van der Waals surface area contributed by atoms with Gasteiger partial charge in [0.1, 0.15) is 0 Å². The van der Waals surface area contributed by atoms with Crippen LogP contribution in [0.5, 0.6) is 0 Å². The van der Waals surface area contributed by atoms with Gasteiger partial charge < -0.3 is 10.1 Å². The minimum Gasteiger partial charge on any atom is -0.376 e. The molecule has 0 aromatic carbocycles. The van der Waals surface area contributed by atoms with Crippen LogP contribution < -0.4 is 16.3 Å². The fourth-order valence-electron chi connectivity index (χ4n) is 3.26. The molecule has 2 atom stereocenters. The molecule has 0 radical (unpaired) electrons. The lowest BCUT2D eigenvalue weighted by Gasteiger charge is -2.15. The Balaban J connectivity index is 1.53. The van der Waals surface area contributed by atoms with Crippen molar-refractivity contribution in [2.24, 2.45) is 0 Å². The van der Waals surface area contributed by atoms with Gasteiger partial charge in [0.05, 0.1) is 17.9 Å². The molecular formula is C16H25N5O4S. The first-order valence-electron chi connectivity index (χ1n) is 9.07. The average molecular weight is 383 g/mol. The molecule has 0 bridgehead atoms. The SMILES string of the molecule is C[C@H](Sc1n[nH]c(=O)n1C[C@H]1CCCO1)C(=O)NC(=O)NC1CCCC1. The fraction of sp³-hybridized carbons (Fsp3) is 0.750. The second-order valence-electron chi connectivity index (χ2n) is 6.76. The van der Waals surface area contributed by atoms with Gasteiger partial charge in [-0.1, -0.05) is 24.6 Å². The summed E-state index contributed by atoms with van der Waals surface area (Å²) in [5, 5.41) is 11.4. The van der Waals surface area contributed by atoms with Crippen LogP contribution in [0.3, 0.4) is 0 Å². The molecule has 3 amide bonds. The number of carbonyl (C=O) groups excluding carboxylic acids is 2. The van der Waals surface area contributed by atoms with Crippen LogP contribution in [0.2, 0.25) is 0 Å². The summed E-state index contributed by atoms with van der Waals surface area (Å²) in [5.41, 5.74) is -0.324. The summed E-state index contributed by atoms with van der Waals surface area (Å²) in [4.78, 5) is 36.1. The van der Waals surface area contributed by atoms with E-state index in [1.54, 1.807) is 6.92 Å². The lowest BCUT2D eigenvalue weighted by molar-refractivity contribution is -0.119. The number of nitrogens with zero attached hydrogens (tertiary/aromatic N) is 2. The molecular weight excluding hydrogens is 358 g/mol. The zero-order chi connectivity index (χ0) is 18.5. The zero-order valence-electron chi connectivity index (χ0n) is 14.8. The first kappa shape index (κ1) is 19.0. The second kappa shape index (κ2) is 8.72. The molecule has 1 saturated heterocycles. The number of hydrogen-bond acceptors (Lipinski definition) is 6. The van der Waals surface area contributed by atoms with Crippen LogP contribution in [-0.4, -0.2) is 50.7 Å². The van der Waals surface area contributed by atoms with Crippen LogP contribution in [0.1, 0.15) is 45.4 Å². The Bertz CT molecular complexity index is 691. The number of nitrogens with one attached hydrogen (secondary N) is 3.